The largest absolute Gasteiger partial charge is 0.508 e. The molecule has 1 saturated heterocycles. The van der Waals surface area contributed by atoms with E-state index in [0.29, 0.717) is 5.56 Å². The molecule has 0 radical (unpaired) electrons. The van der Waals surface area contributed by atoms with Crippen LogP contribution in [0.2, 0.25) is 0 Å². The molecule has 1 aliphatic rings. The third-order valence-corrected chi connectivity index (χ3v) is 2.77. The first-order valence-electron chi connectivity index (χ1n) is 5.49. The average Bonchev–Trinajstić information content (AvgIpc) is 2.28. The van der Waals surface area contributed by atoms with E-state index in [-0.39, 0.29) is 12.3 Å². The van der Waals surface area contributed by atoms with E-state index in [2.05, 4.69) is 5.32 Å². The molecule has 0 saturated carbocycles. The molecular weight excluding hydrogens is 236 g/mol. The SMILES string of the molecule is CCN1C(=O)NC(=O)C(c2cccc(O)c2)C1=O. The summed E-state index contributed by atoms with van der Waals surface area (Å²) in [5.74, 6) is -2.36. The van der Waals surface area contributed by atoms with Crippen LogP contribution in [0.25, 0.3) is 0 Å². The molecule has 18 heavy (non-hydrogen) atoms. The zero-order valence-corrected chi connectivity index (χ0v) is 9.71. The van der Waals surface area contributed by atoms with Gasteiger partial charge in [-0.05, 0) is 24.6 Å². The molecule has 6 heteroatoms. The van der Waals surface area contributed by atoms with Gasteiger partial charge in [0.1, 0.15) is 11.7 Å². The van der Waals surface area contributed by atoms with Gasteiger partial charge in [0.2, 0.25) is 11.8 Å². The number of amides is 4. The summed E-state index contributed by atoms with van der Waals surface area (Å²) in [6.45, 7) is 1.83. The third-order valence-electron chi connectivity index (χ3n) is 2.77. The van der Waals surface area contributed by atoms with Crippen molar-refractivity contribution in [3.05, 3.63) is 29.8 Å². The van der Waals surface area contributed by atoms with Gasteiger partial charge in [0, 0.05) is 6.54 Å². The minimum Gasteiger partial charge on any atom is -0.508 e. The summed E-state index contributed by atoms with van der Waals surface area (Å²) in [6, 6.07) is 5.18. The molecule has 94 valence electrons. The summed E-state index contributed by atoms with van der Waals surface area (Å²) in [6.07, 6.45) is 0. The molecule has 1 fully saturated rings. The van der Waals surface area contributed by atoms with Gasteiger partial charge in [-0.15, -0.1) is 0 Å². The van der Waals surface area contributed by atoms with Gasteiger partial charge in [0.25, 0.3) is 0 Å². The molecule has 6 nitrogen and oxygen atoms in total. The molecule has 2 N–H and O–H groups in total. The Morgan fingerprint density at radius 2 is 2.06 bits per heavy atom. The van der Waals surface area contributed by atoms with Crippen molar-refractivity contribution >= 4 is 17.8 Å². The molecule has 1 aromatic rings. The van der Waals surface area contributed by atoms with Crippen LogP contribution < -0.4 is 5.32 Å². The van der Waals surface area contributed by atoms with Crippen molar-refractivity contribution in [1.29, 1.82) is 0 Å². The lowest BCUT2D eigenvalue weighted by molar-refractivity contribution is -0.138. The number of phenols is 1. The number of nitrogens with one attached hydrogen (secondary N) is 1. The van der Waals surface area contributed by atoms with Gasteiger partial charge in [-0.25, -0.2) is 4.79 Å². The van der Waals surface area contributed by atoms with Crippen LogP contribution in [-0.4, -0.2) is 34.4 Å². The molecule has 4 amide bonds. The van der Waals surface area contributed by atoms with Gasteiger partial charge in [0.05, 0.1) is 0 Å². The highest BCUT2D eigenvalue weighted by Crippen LogP contribution is 2.25. The minimum atomic E-state index is -1.09. The summed E-state index contributed by atoms with van der Waals surface area (Å²) in [5, 5.41) is 11.5. The van der Waals surface area contributed by atoms with E-state index in [1.807, 2.05) is 0 Å². The Morgan fingerprint density at radius 1 is 1.33 bits per heavy atom. The molecule has 0 bridgehead atoms. The Morgan fingerprint density at radius 3 is 2.67 bits per heavy atom. The van der Waals surface area contributed by atoms with Crippen LogP contribution in [0, 0.1) is 0 Å². The smallest absolute Gasteiger partial charge is 0.330 e. The normalized spacial score (nSPS) is 19.9. The van der Waals surface area contributed by atoms with E-state index >= 15 is 0 Å². The van der Waals surface area contributed by atoms with Crippen molar-refractivity contribution in [2.24, 2.45) is 0 Å². The molecule has 1 aliphatic heterocycles. The van der Waals surface area contributed by atoms with Gasteiger partial charge in [-0.1, -0.05) is 12.1 Å². The average molecular weight is 248 g/mol. The van der Waals surface area contributed by atoms with Crippen molar-refractivity contribution in [3.8, 4) is 5.75 Å². The van der Waals surface area contributed by atoms with Gasteiger partial charge >= 0.3 is 6.03 Å². The number of rotatable bonds is 2. The fourth-order valence-corrected chi connectivity index (χ4v) is 1.91. The minimum absolute atomic E-state index is 0.0342. The van der Waals surface area contributed by atoms with Gasteiger partial charge < -0.3 is 5.11 Å². The highest BCUT2D eigenvalue weighted by atomic mass is 16.3. The number of likely N-dealkylation sites (N-methyl/N-ethyl adjacent to an activating group) is 1. The number of carbonyl (C=O) groups excluding carboxylic acids is 3. The summed E-state index contributed by atoms with van der Waals surface area (Å²) in [4.78, 5) is 36.2. The first-order chi connectivity index (χ1) is 8.54. The second-order valence-corrected chi connectivity index (χ2v) is 3.90. The maximum absolute atomic E-state index is 12.1. The number of nitrogens with zero attached hydrogens (tertiary/aromatic N) is 1. The van der Waals surface area contributed by atoms with Crippen molar-refractivity contribution in [2.75, 3.05) is 6.54 Å². The molecule has 0 spiro atoms. The van der Waals surface area contributed by atoms with Crippen LogP contribution >= 0.6 is 0 Å². The molecule has 1 unspecified atom stereocenters. The van der Waals surface area contributed by atoms with Crippen LogP contribution in [0.3, 0.4) is 0 Å². The number of benzene rings is 1. The predicted octanol–water partition coefficient (Wildman–Crippen LogP) is 0.574. The summed E-state index contributed by atoms with van der Waals surface area (Å²) in [7, 11) is 0. The third kappa shape index (κ3) is 1.92. The zero-order valence-electron chi connectivity index (χ0n) is 9.71. The Labute approximate surface area is 103 Å². The maximum Gasteiger partial charge on any atom is 0.330 e. The maximum atomic E-state index is 12.1. The summed E-state index contributed by atoms with van der Waals surface area (Å²) < 4.78 is 0. The number of imide groups is 2. The molecular formula is C12H12N2O4. The second kappa shape index (κ2) is 4.48. The van der Waals surface area contributed by atoms with Crippen LogP contribution in [0.5, 0.6) is 5.75 Å². The molecule has 0 aliphatic carbocycles. The van der Waals surface area contributed by atoms with E-state index in [1.54, 1.807) is 13.0 Å². The van der Waals surface area contributed by atoms with Crippen molar-refractivity contribution in [2.45, 2.75) is 12.8 Å². The molecule has 1 aromatic carbocycles. The van der Waals surface area contributed by atoms with E-state index in [9.17, 15) is 19.5 Å². The quantitative estimate of drug-likeness (QED) is 0.749. The number of carbonyl (C=O) groups is 3. The van der Waals surface area contributed by atoms with Crippen molar-refractivity contribution in [3.63, 3.8) is 0 Å². The highest BCUT2D eigenvalue weighted by molar-refractivity contribution is 6.19. The van der Waals surface area contributed by atoms with Crippen LogP contribution in [0.15, 0.2) is 24.3 Å². The predicted molar refractivity (Wildman–Crippen MR) is 61.8 cm³/mol. The lowest BCUT2D eigenvalue weighted by atomic mass is 9.95. The van der Waals surface area contributed by atoms with Crippen LogP contribution in [-0.2, 0) is 9.59 Å². The fraction of sp³-hybridized carbons (Fsp3) is 0.250. The van der Waals surface area contributed by atoms with Gasteiger partial charge in [-0.3, -0.25) is 19.8 Å². The standard InChI is InChI=1S/C12H12N2O4/c1-2-14-11(17)9(10(16)13-12(14)18)7-4-3-5-8(15)6-7/h3-6,9,15H,2H2,1H3,(H,13,16,18). The van der Waals surface area contributed by atoms with E-state index in [4.69, 9.17) is 0 Å². The van der Waals surface area contributed by atoms with Gasteiger partial charge in [0.15, 0.2) is 0 Å². The van der Waals surface area contributed by atoms with E-state index < -0.39 is 23.8 Å². The Balaban J connectivity index is 2.40. The number of aromatic hydroxyl groups is 1. The number of urea groups is 1. The molecule has 2 rings (SSSR count). The van der Waals surface area contributed by atoms with E-state index in [0.717, 1.165) is 4.90 Å². The Kier molecular flexibility index (Phi) is 3.01. The van der Waals surface area contributed by atoms with Crippen molar-refractivity contribution < 1.29 is 19.5 Å². The second-order valence-electron chi connectivity index (χ2n) is 3.90. The first-order valence-corrected chi connectivity index (χ1v) is 5.49. The molecule has 1 heterocycles. The number of phenolic OH excluding ortho intramolecular Hbond substituents is 1. The van der Waals surface area contributed by atoms with Crippen LogP contribution in [0.4, 0.5) is 4.79 Å². The topological polar surface area (TPSA) is 86.7 Å². The van der Waals surface area contributed by atoms with Crippen molar-refractivity contribution in [1.82, 2.24) is 10.2 Å². The fourth-order valence-electron chi connectivity index (χ4n) is 1.91. The lowest BCUT2D eigenvalue weighted by Gasteiger charge is -2.29. The number of hydrogen-bond acceptors (Lipinski definition) is 4. The van der Waals surface area contributed by atoms with Crippen LogP contribution in [0.1, 0.15) is 18.4 Å². The monoisotopic (exact) mass is 248 g/mol. The zero-order chi connectivity index (χ0) is 13.3. The van der Waals surface area contributed by atoms with Gasteiger partial charge in [-0.2, -0.15) is 0 Å². The first kappa shape index (κ1) is 12.1. The van der Waals surface area contributed by atoms with E-state index in [1.165, 1.54) is 18.2 Å². The summed E-state index contributed by atoms with van der Waals surface area (Å²) >= 11 is 0. The Bertz CT molecular complexity index is 527. The highest BCUT2D eigenvalue weighted by Gasteiger charge is 2.40. The Hall–Kier alpha value is -2.37. The molecule has 0 aromatic heterocycles. The number of barbiturate groups is 1. The number of hydrogen-bond donors (Lipinski definition) is 2. The molecule has 1 atom stereocenters. The lowest BCUT2D eigenvalue weighted by Crippen LogP contribution is -2.56. The summed E-state index contributed by atoms with van der Waals surface area (Å²) in [5.41, 5.74) is 0.364.